The highest BCUT2D eigenvalue weighted by molar-refractivity contribution is 7.99. The van der Waals surface area contributed by atoms with Gasteiger partial charge in [0.1, 0.15) is 0 Å². The maximum Gasteiger partial charge on any atom is 0.246 e. The molecule has 0 aliphatic carbocycles. The summed E-state index contributed by atoms with van der Waals surface area (Å²) in [6.45, 7) is 0. The molecule has 1 saturated heterocycles. The van der Waals surface area contributed by atoms with Crippen LogP contribution in [0.25, 0.3) is 0 Å². The number of nitrogens with zero attached hydrogens (tertiary/aromatic N) is 1. The second kappa shape index (κ2) is 5.87. The number of allylic oxidation sites excluding steroid dienone is 2. The number of thioether (sulfide) groups is 1. The van der Waals surface area contributed by atoms with Crippen molar-refractivity contribution in [3.05, 3.63) is 57.8 Å². The molecule has 4 heteroatoms. The lowest BCUT2D eigenvalue weighted by atomic mass is 10.0. The minimum absolute atomic E-state index is 0.240. The molecule has 0 amide bonds. The monoisotopic (exact) mass is 249 g/mol. The van der Waals surface area contributed by atoms with Gasteiger partial charge in [0.05, 0.1) is 11.3 Å². The summed E-state index contributed by atoms with van der Waals surface area (Å²) in [5.74, 6) is 2.52. The number of hydrogen-bond acceptors (Lipinski definition) is 3. The van der Waals surface area contributed by atoms with Crippen molar-refractivity contribution in [1.29, 1.82) is 0 Å². The van der Waals surface area contributed by atoms with Crippen LogP contribution in [0.1, 0.15) is 12.0 Å². The zero-order valence-electron chi connectivity index (χ0n) is 9.54. The van der Waals surface area contributed by atoms with Crippen molar-refractivity contribution in [2.75, 3.05) is 11.5 Å². The van der Waals surface area contributed by atoms with Gasteiger partial charge in [0.15, 0.2) is 0 Å². The topological polar surface area (TPSA) is 43.1 Å². The first-order valence-corrected chi connectivity index (χ1v) is 6.88. The second-order valence-electron chi connectivity index (χ2n) is 4.20. The molecule has 3 nitrogen and oxygen atoms in total. The lowest BCUT2D eigenvalue weighted by molar-refractivity contribution is -0.427. The molecule has 1 aliphatic rings. The highest BCUT2D eigenvalue weighted by Gasteiger charge is 2.19. The van der Waals surface area contributed by atoms with E-state index in [0.717, 1.165) is 23.5 Å². The lowest BCUT2D eigenvalue weighted by Crippen LogP contribution is -2.06. The Bertz CT molecular complexity index is 411. The van der Waals surface area contributed by atoms with E-state index < -0.39 is 0 Å². The molecule has 1 heterocycles. The van der Waals surface area contributed by atoms with Crippen molar-refractivity contribution >= 4 is 11.8 Å². The molecular weight excluding hydrogens is 234 g/mol. The van der Waals surface area contributed by atoms with E-state index >= 15 is 0 Å². The standard InChI is InChI=1S/C13H15NO2S/c15-14(16)13(9-12-6-7-17-10-12)8-11-4-2-1-3-5-11/h1-5,9,12H,6-8,10H2/b13-9+. The highest BCUT2D eigenvalue weighted by atomic mass is 32.2. The molecule has 2 rings (SSSR count). The van der Waals surface area contributed by atoms with Gasteiger partial charge in [-0.15, -0.1) is 0 Å². The molecule has 17 heavy (non-hydrogen) atoms. The zero-order valence-corrected chi connectivity index (χ0v) is 10.4. The summed E-state index contributed by atoms with van der Waals surface area (Å²) in [6.07, 6.45) is 3.35. The van der Waals surface area contributed by atoms with Gasteiger partial charge in [-0.25, -0.2) is 0 Å². The molecule has 90 valence electrons. The van der Waals surface area contributed by atoms with E-state index in [9.17, 15) is 10.1 Å². The van der Waals surface area contributed by atoms with Gasteiger partial charge in [0.2, 0.25) is 5.70 Å². The third-order valence-corrected chi connectivity index (χ3v) is 4.04. The Balaban J connectivity index is 2.09. The number of benzene rings is 1. The van der Waals surface area contributed by atoms with Crippen LogP contribution in [0, 0.1) is 16.0 Å². The Morgan fingerprint density at radius 2 is 2.24 bits per heavy atom. The Labute approximate surface area is 105 Å². The fourth-order valence-electron chi connectivity index (χ4n) is 1.95. The third-order valence-electron chi connectivity index (χ3n) is 2.86. The molecule has 1 fully saturated rings. The quantitative estimate of drug-likeness (QED) is 0.608. The smallest absolute Gasteiger partial charge is 0.246 e. The van der Waals surface area contributed by atoms with Crippen LogP contribution in [0.3, 0.4) is 0 Å². The van der Waals surface area contributed by atoms with Gasteiger partial charge in [0.25, 0.3) is 0 Å². The molecule has 1 aromatic carbocycles. The normalized spacial score (nSPS) is 20.5. The van der Waals surface area contributed by atoms with Crippen molar-refractivity contribution in [3.63, 3.8) is 0 Å². The average Bonchev–Trinajstić information content (AvgIpc) is 2.82. The van der Waals surface area contributed by atoms with E-state index in [2.05, 4.69) is 0 Å². The van der Waals surface area contributed by atoms with E-state index in [-0.39, 0.29) is 4.92 Å². The van der Waals surface area contributed by atoms with E-state index in [1.165, 1.54) is 0 Å². The van der Waals surface area contributed by atoms with Gasteiger partial charge in [-0.05, 0) is 35.5 Å². The van der Waals surface area contributed by atoms with Gasteiger partial charge in [-0.1, -0.05) is 30.3 Å². The van der Waals surface area contributed by atoms with Crippen LogP contribution in [0.4, 0.5) is 0 Å². The van der Waals surface area contributed by atoms with E-state index in [1.807, 2.05) is 48.2 Å². The van der Waals surface area contributed by atoms with Gasteiger partial charge in [-0.3, -0.25) is 10.1 Å². The third kappa shape index (κ3) is 3.60. The minimum Gasteiger partial charge on any atom is -0.259 e. The average molecular weight is 249 g/mol. The molecule has 0 aromatic heterocycles. The Hall–Kier alpha value is -1.29. The molecule has 1 unspecified atom stereocenters. The van der Waals surface area contributed by atoms with Gasteiger partial charge in [0, 0.05) is 0 Å². The SMILES string of the molecule is O=[N+]([O-])/C(=C/C1CCSC1)Cc1ccccc1. The molecular formula is C13H15NO2S. The molecule has 0 saturated carbocycles. The Morgan fingerprint density at radius 3 is 2.82 bits per heavy atom. The minimum atomic E-state index is -0.240. The van der Waals surface area contributed by atoms with Gasteiger partial charge < -0.3 is 0 Å². The van der Waals surface area contributed by atoms with Gasteiger partial charge >= 0.3 is 0 Å². The van der Waals surface area contributed by atoms with Crippen molar-refractivity contribution < 1.29 is 4.92 Å². The molecule has 0 spiro atoms. The maximum atomic E-state index is 11.0. The Morgan fingerprint density at radius 1 is 1.47 bits per heavy atom. The molecule has 1 atom stereocenters. The number of hydrogen-bond donors (Lipinski definition) is 0. The summed E-state index contributed by atoms with van der Waals surface area (Å²) in [6, 6.07) is 9.62. The predicted molar refractivity (Wildman–Crippen MR) is 70.7 cm³/mol. The van der Waals surface area contributed by atoms with Crippen LogP contribution in [0.2, 0.25) is 0 Å². The van der Waals surface area contributed by atoms with Crippen LogP contribution < -0.4 is 0 Å². The van der Waals surface area contributed by atoms with Gasteiger partial charge in [-0.2, -0.15) is 11.8 Å². The largest absolute Gasteiger partial charge is 0.259 e. The second-order valence-corrected chi connectivity index (χ2v) is 5.35. The first-order chi connectivity index (χ1) is 8.25. The van der Waals surface area contributed by atoms with E-state index in [1.54, 1.807) is 0 Å². The van der Waals surface area contributed by atoms with Crippen molar-refractivity contribution in [1.82, 2.24) is 0 Å². The van der Waals surface area contributed by atoms with Crippen molar-refractivity contribution in [2.45, 2.75) is 12.8 Å². The summed E-state index contributed by atoms with van der Waals surface area (Å²) < 4.78 is 0. The first kappa shape index (κ1) is 12.2. The Kier molecular flexibility index (Phi) is 4.20. The summed E-state index contributed by atoms with van der Waals surface area (Å²) in [7, 11) is 0. The molecule has 0 bridgehead atoms. The van der Waals surface area contributed by atoms with Crippen LogP contribution in [-0.4, -0.2) is 16.4 Å². The van der Waals surface area contributed by atoms with Crippen LogP contribution in [0.15, 0.2) is 42.1 Å². The lowest BCUT2D eigenvalue weighted by Gasteiger charge is -2.03. The fourth-order valence-corrected chi connectivity index (χ4v) is 3.15. The number of nitro groups is 1. The maximum absolute atomic E-state index is 11.0. The molecule has 1 aromatic rings. The summed E-state index contributed by atoms with van der Waals surface area (Å²) >= 11 is 1.87. The first-order valence-electron chi connectivity index (χ1n) is 5.72. The van der Waals surface area contributed by atoms with Crippen LogP contribution >= 0.6 is 11.8 Å². The summed E-state index contributed by atoms with van der Waals surface area (Å²) in [4.78, 5) is 10.8. The number of rotatable bonds is 4. The van der Waals surface area contributed by atoms with Crippen LogP contribution in [-0.2, 0) is 6.42 Å². The van der Waals surface area contributed by atoms with Crippen molar-refractivity contribution in [2.24, 2.45) is 5.92 Å². The van der Waals surface area contributed by atoms with E-state index in [4.69, 9.17) is 0 Å². The summed E-state index contributed by atoms with van der Waals surface area (Å²) in [5, 5.41) is 11.0. The molecule has 1 aliphatic heterocycles. The summed E-state index contributed by atoms with van der Waals surface area (Å²) in [5.41, 5.74) is 1.34. The highest BCUT2D eigenvalue weighted by Crippen LogP contribution is 2.26. The van der Waals surface area contributed by atoms with E-state index in [0.29, 0.717) is 18.0 Å². The van der Waals surface area contributed by atoms with Crippen LogP contribution in [0.5, 0.6) is 0 Å². The fraction of sp³-hybridized carbons (Fsp3) is 0.385. The molecule has 0 N–H and O–H groups in total. The predicted octanol–water partition coefficient (Wildman–Crippen LogP) is 3.14. The zero-order chi connectivity index (χ0) is 12.1. The van der Waals surface area contributed by atoms with Crippen molar-refractivity contribution in [3.8, 4) is 0 Å². The molecule has 0 radical (unpaired) electrons.